The number of ether oxygens (including phenoxy) is 1. The van der Waals surface area contributed by atoms with Crippen molar-refractivity contribution in [3.63, 3.8) is 0 Å². The lowest BCUT2D eigenvalue weighted by Crippen LogP contribution is -2.09. The Balaban J connectivity index is 2.83. The van der Waals surface area contributed by atoms with Crippen molar-refractivity contribution in [1.29, 1.82) is 5.26 Å². The first kappa shape index (κ1) is 13.7. The molecule has 1 aromatic rings. The molecule has 0 spiro atoms. The molecule has 0 amide bonds. The normalized spacial score (nSPS) is 9.71. The van der Waals surface area contributed by atoms with Crippen molar-refractivity contribution in [2.75, 3.05) is 6.61 Å². The Kier molecular flexibility index (Phi) is 5.71. The highest BCUT2D eigenvalue weighted by Gasteiger charge is 2.09. The van der Waals surface area contributed by atoms with Crippen LogP contribution >= 0.6 is 15.9 Å². The van der Waals surface area contributed by atoms with E-state index in [1.807, 2.05) is 18.2 Å². The van der Waals surface area contributed by atoms with Gasteiger partial charge in [-0.2, -0.15) is 5.26 Å². The van der Waals surface area contributed by atoms with Gasteiger partial charge >= 0.3 is 5.97 Å². The third-order valence-corrected chi connectivity index (χ3v) is 2.81. The summed E-state index contributed by atoms with van der Waals surface area (Å²) in [6.45, 7) is 2.18. The summed E-state index contributed by atoms with van der Waals surface area (Å²) in [6, 6.07) is 7.87. The summed E-state index contributed by atoms with van der Waals surface area (Å²) in [5, 5.41) is 8.59. The van der Waals surface area contributed by atoms with E-state index in [9.17, 15) is 4.79 Å². The van der Waals surface area contributed by atoms with Gasteiger partial charge in [-0.05, 0) is 36.6 Å². The van der Waals surface area contributed by atoms with Crippen LogP contribution in [0.1, 0.15) is 24.5 Å². The molecule has 0 N–H and O–H groups in total. The molecule has 0 aliphatic carbocycles. The van der Waals surface area contributed by atoms with Crippen LogP contribution in [0.25, 0.3) is 0 Å². The van der Waals surface area contributed by atoms with Gasteiger partial charge in [0, 0.05) is 10.9 Å². The molecule has 0 saturated heterocycles. The summed E-state index contributed by atoms with van der Waals surface area (Å²) in [5.74, 6) is -0.233. The van der Waals surface area contributed by atoms with Crippen LogP contribution in [-0.2, 0) is 22.4 Å². The summed E-state index contributed by atoms with van der Waals surface area (Å²) in [6.07, 6.45) is 1.38. The van der Waals surface area contributed by atoms with E-state index < -0.39 is 0 Å². The first-order valence-corrected chi connectivity index (χ1v) is 6.26. The van der Waals surface area contributed by atoms with Crippen LogP contribution in [0.5, 0.6) is 0 Å². The van der Waals surface area contributed by atoms with Gasteiger partial charge < -0.3 is 4.74 Å². The van der Waals surface area contributed by atoms with Crippen LogP contribution in [-0.4, -0.2) is 12.6 Å². The highest BCUT2D eigenvalue weighted by atomic mass is 79.9. The number of rotatable bonds is 5. The van der Waals surface area contributed by atoms with Crippen molar-refractivity contribution in [2.24, 2.45) is 0 Å². The van der Waals surface area contributed by atoms with Gasteiger partial charge in [0.1, 0.15) is 0 Å². The number of nitrogens with zero attached hydrogens (tertiary/aromatic N) is 1. The minimum Gasteiger partial charge on any atom is -0.466 e. The van der Waals surface area contributed by atoms with Crippen LogP contribution in [0.2, 0.25) is 0 Å². The zero-order chi connectivity index (χ0) is 12.7. The fourth-order valence-corrected chi connectivity index (χ4v) is 1.97. The van der Waals surface area contributed by atoms with Gasteiger partial charge in [0.05, 0.1) is 19.1 Å². The first-order valence-electron chi connectivity index (χ1n) is 5.47. The monoisotopic (exact) mass is 295 g/mol. The number of benzene rings is 1. The fraction of sp³-hybridized carbons (Fsp3) is 0.385. The third kappa shape index (κ3) is 4.58. The second kappa shape index (κ2) is 7.08. The van der Waals surface area contributed by atoms with E-state index in [2.05, 4.69) is 22.0 Å². The Morgan fingerprint density at radius 2 is 2.24 bits per heavy atom. The third-order valence-electron chi connectivity index (χ3n) is 2.31. The minimum atomic E-state index is -0.233. The molecule has 1 aromatic carbocycles. The molecular weight excluding hydrogens is 282 g/mol. The van der Waals surface area contributed by atoms with Gasteiger partial charge in [0.25, 0.3) is 0 Å². The van der Waals surface area contributed by atoms with Crippen LogP contribution in [0, 0.1) is 11.3 Å². The maximum Gasteiger partial charge on any atom is 0.310 e. The van der Waals surface area contributed by atoms with Gasteiger partial charge in [-0.15, -0.1) is 0 Å². The Labute approximate surface area is 110 Å². The predicted octanol–water partition coefficient (Wildman–Crippen LogP) is 3.01. The summed E-state index contributed by atoms with van der Waals surface area (Å²) < 4.78 is 5.85. The van der Waals surface area contributed by atoms with E-state index in [0.717, 1.165) is 15.6 Å². The van der Waals surface area contributed by atoms with E-state index >= 15 is 0 Å². The van der Waals surface area contributed by atoms with Crippen molar-refractivity contribution >= 4 is 21.9 Å². The largest absolute Gasteiger partial charge is 0.466 e. The maximum atomic E-state index is 11.4. The van der Waals surface area contributed by atoms with Crippen LogP contribution < -0.4 is 0 Å². The van der Waals surface area contributed by atoms with Crippen LogP contribution in [0.3, 0.4) is 0 Å². The lowest BCUT2D eigenvalue weighted by molar-refractivity contribution is -0.142. The van der Waals surface area contributed by atoms with Crippen molar-refractivity contribution in [3.8, 4) is 6.07 Å². The van der Waals surface area contributed by atoms with Crippen LogP contribution in [0.4, 0.5) is 0 Å². The molecule has 0 aliphatic heterocycles. The Hall–Kier alpha value is -1.34. The Morgan fingerprint density at radius 3 is 2.88 bits per heavy atom. The van der Waals surface area contributed by atoms with Crippen molar-refractivity contribution in [3.05, 3.63) is 33.8 Å². The van der Waals surface area contributed by atoms with E-state index in [1.54, 1.807) is 6.92 Å². The number of nitriles is 1. The average molecular weight is 296 g/mol. The van der Waals surface area contributed by atoms with E-state index in [-0.39, 0.29) is 12.4 Å². The predicted molar refractivity (Wildman–Crippen MR) is 68.4 cm³/mol. The lowest BCUT2D eigenvalue weighted by Gasteiger charge is -2.08. The van der Waals surface area contributed by atoms with Crippen molar-refractivity contribution < 1.29 is 9.53 Å². The second-order valence-electron chi connectivity index (χ2n) is 3.55. The summed E-state index contributed by atoms with van der Waals surface area (Å²) in [5.41, 5.74) is 1.95. The highest BCUT2D eigenvalue weighted by molar-refractivity contribution is 9.10. The van der Waals surface area contributed by atoms with Gasteiger partial charge in [-0.3, -0.25) is 4.79 Å². The number of hydrogen-bond donors (Lipinski definition) is 0. The topological polar surface area (TPSA) is 50.1 Å². The van der Waals surface area contributed by atoms with Crippen molar-refractivity contribution in [2.45, 2.75) is 26.2 Å². The summed E-state index contributed by atoms with van der Waals surface area (Å²) in [7, 11) is 0. The Bertz CT molecular complexity index is 438. The molecule has 1 rings (SSSR count). The number of esters is 1. The number of carbonyl (C=O) groups is 1. The fourth-order valence-electron chi connectivity index (χ4n) is 1.56. The molecule has 0 unspecified atom stereocenters. The highest BCUT2D eigenvalue weighted by Crippen LogP contribution is 2.19. The number of halogens is 1. The molecule has 17 heavy (non-hydrogen) atoms. The quantitative estimate of drug-likeness (QED) is 0.785. The molecule has 4 heteroatoms. The molecule has 0 heterocycles. The Morgan fingerprint density at radius 1 is 1.47 bits per heavy atom. The SMILES string of the molecule is CCOC(=O)Cc1cc(Br)ccc1CCC#N. The average Bonchev–Trinajstić information content (AvgIpc) is 2.28. The number of carbonyl (C=O) groups excluding carboxylic acids is 1. The van der Waals surface area contributed by atoms with Gasteiger partial charge in [-0.1, -0.05) is 22.0 Å². The second-order valence-corrected chi connectivity index (χ2v) is 4.47. The molecule has 0 atom stereocenters. The van der Waals surface area contributed by atoms with Crippen molar-refractivity contribution in [1.82, 2.24) is 0 Å². The van der Waals surface area contributed by atoms with Gasteiger partial charge in [0.15, 0.2) is 0 Å². The van der Waals surface area contributed by atoms with E-state index in [1.165, 1.54) is 0 Å². The number of aryl methyl sites for hydroxylation is 1. The zero-order valence-corrected chi connectivity index (χ0v) is 11.3. The molecule has 0 aromatic heterocycles. The summed E-state index contributed by atoms with van der Waals surface area (Å²) >= 11 is 3.38. The van der Waals surface area contributed by atoms with Crippen LogP contribution in [0.15, 0.2) is 22.7 Å². The maximum absolute atomic E-state index is 11.4. The molecule has 0 aliphatic rings. The summed E-state index contributed by atoms with van der Waals surface area (Å²) in [4.78, 5) is 11.4. The van der Waals surface area contributed by atoms with Gasteiger partial charge in [0.2, 0.25) is 0 Å². The number of hydrogen-bond acceptors (Lipinski definition) is 3. The van der Waals surface area contributed by atoms with E-state index in [0.29, 0.717) is 19.4 Å². The molecule has 0 radical (unpaired) electrons. The molecular formula is C13H14BrNO2. The molecule has 0 saturated carbocycles. The van der Waals surface area contributed by atoms with E-state index in [4.69, 9.17) is 10.00 Å². The minimum absolute atomic E-state index is 0.233. The molecule has 0 fully saturated rings. The molecule has 90 valence electrons. The first-order chi connectivity index (χ1) is 8.17. The van der Waals surface area contributed by atoms with Gasteiger partial charge in [-0.25, -0.2) is 0 Å². The zero-order valence-electron chi connectivity index (χ0n) is 9.70. The smallest absolute Gasteiger partial charge is 0.310 e. The molecule has 0 bridgehead atoms. The molecule has 3 nitrogen and oxygen atoms in total. The standard InChI is InChI=1S/C13H14BrNO2/c1-2-17-13(16)9-11-8-12(14)6-5-10(11)4-3-7-15/h5-6,8H,2-4,9H2,1H3. The lowest BCUT2D eigenvalue weighted by atomic mass is 10.0.